The van der Waals surface area contributed by atoms with Crippen molar-refractivity contribution < 1.29 is 4.79 Å². The van der Waals surface area contributed by atoms with Crippen molar-refractivity contribution in [2.24, 2.45) is 5.84 Å². The summed E-state index contributed by atoms with van der Waals surface area (Å²) < 4.78 is 2.01. The summed E-state index contributed by atoms with van der Waals surface area (Å²) in [7, 11) is 0. The molecular formula is C20H20ClN3O. The Labute approximate surface area is 152 Å². The van der Waals surface area contributed by atoms with Crippen LogP contribution in [0.3, 0.4) is 0 Å². The number of hydrogen-bond donors (Lipinski definition) is 2. The standard InChI is InChI=1S/C20H20ClN3O/c21-17-9-6-16(7-10-17)14-24-18(12-13-19(24)20(25)23-22)11-8-15-4-2-1-3-5-15/h1-7,9-10,12-13H,8,11,14,22H2,(H,23,25). The van der Waals surface area contributed by atoms with Crippen molar-refractivity contribution in [1.29, 1.82) is 0 Å². The van der Waals surface area contributed by atoms with Crippen LogP contribution < -0.4 is 11.3 Å². The summed E-state index contributed by atoms with van der Waals surface area (Å²) in [5.74, 6) is 5.04. The predicted molar refractivity (Wildman–Crippen MR) is 100 cm³/mol. The minimum Gasteiger partial charge on any atom is -0.336 e. The number of hydrazine groups is 1. The molecule has 1 aromatic heterocycles. The lowest BCUT2D eigenvalue weighted by molar-refractivity contribution is 0.0944. The zero-order valence-electron chi connectivity index (χ0n) is 13.8. The number of aromatic nitrogens is 1. The van der Waals surface area contributed by atoms with Gasteiger partial charge in [0, 0.05) is 17.3 Å². The van der Waals surface area contributed by atoms with Crippen LogP contribution in [0.25, 0.3) is 0 Å². The van der Waals surface area contributed by atoms with E-state index in [1.807, 2.05) is 59.2 Å². The van der Waals surface area contributed by atoms with Gasteiger partial charge in [-0.2, -0.15) is 0 Å². The second kappa shape index (κ2) is 8.01. The van der Waals surface area contributed by atoms with Gasteiger partial charge in [-0.3, -0.25) is 10.2 Å². The van der Waals surface area contributed by atoms with Crippen LogP contribution in [0.5, 0.6) is 0 Å². The second-order valence-corrected chi connectivity index (χ2v) is 6.32. The fraction of sp³-hybridized carbons (Fsp3) is 0.150. The van der Waals surface area contributed by atoms with Gasteiger partial charge >= 0.3 is 0 Å². The number of benzene rings is 2. The van der Waals surface area contributed by atoms with Crippen molar-refractivity contribution >= 4 is 17.5 Å². The molecule has 128 valence electrons. The Hall–Kier alpha value is -2.56. The van der Waals surface area contributed by atoms with E-state index in [0.29, 0.717) is 17.3 Å². The fourth-order valence-electron chi connectivity index (χ4n) is 2.88. The molecule has 2 aromatic carbocycles. The molecule has 3 rings (SSSR count). The first-order valence-corrected chi connectivity index (χ1v) is 8.53. The fourth-order valence-corrected chi connectivity index (χ4v) is 3.00. The average Bonchev–Trinajstić information content (AvgIpc) is 3.04. The van der Waals surface area contributed by atoms with Crippen LogP contribution in [0.4, 0.5) is 0 Å². The van der Waals surface area contributed by atoms with E-state index in [-0.39, 0.29) is 5.91 Å². The summed E-state index contributed by atoms with van der Waals surface area (Å²) in [5.41, 5.74) is 6.22. The van der Waals surface area contributed by atoms with Crippen LogP contribution in [-0.4, -0.2) is 10.5 Å². The third kappa shape index (κ3) is 4.29. The topological polar surface area (TPSA) is 60.0 Å². The molecule has 0 fully saturated rings. The number of nitrogen functional groups attached to an aromatic ring is 1. The number of hydrogen-bond acceptors (Lipinski definition) is 2. The minimum atomic E-state index is -0.292. The van der Waals surface area contributed by atoms with Gasteiger partial charge in [-0.25, -0.2) is 5.84 Å². The summed E-state index contributed by atoms with van der Waals surface area (Å²) in [4.78, 5) is 12.1. The van der Waals surface area contributed by atoms with Crippen LogP contribution in [0.1, 0.15) is 27.3 Å². The molecule has 1 amide bonds. The van der Waals surface area contributed by atoms with Gasteiger partial charge in [-0.05, 0) is 48.2 Å². The second-order valence-electron chi connectivity index (χ2n) is 5.88. The molecule has 0 aliphatic carbocycles. The van der Waals surface area contributed by atoms with Crippen molar-refractivity contribution in [3.63, 3.8) is 0 Å². The van der Waals surface area contributed by atoms with E-state index < -0.39 is 0 Å². The highest BCUT2D eigenvalue weighted by molar-refractivity contribution is 6.30. The van der Waals surface area contributed by atoms with E-state index in [1.54, 1.807) is 0 Å². The summed E-state index contributed by atoms with van der Waals surface area (Å²) in [6.45, 7) is 0.594. The van der Waals surface area contributed by atoms with Crippen molar-refractivity contribution in [1.82, 2.24) is 9.99 Å². The molecule has 0 spiro atoms. The number of nitrogens with two attached hydrogens (primary N) is 1. The number of nitrogens with one attached hydrogen (secondary N) is 1. The van der Waals surface area contributed by atoms with E-state index >= 15 is 0 Å². The van der Waals surface area contributed by atoms with Crippen LogP contribution in [0, 0.1) is 0 Å². The molecule has 25 heavy (non-hydrogen) atoms. The number of aryl methyl sites for hydroxylation is 2. The smallest absolute Gasteiger partial charge is 0.281 e. The van der Waals surface area contributed by atoms with Crippen LogP contribution in [0.2, 0.25) is 5.02 Å². The molecule has 0 saturated carbocycles. The van der Waals surface area contributed by atoms with Gasteiger partial charge < -0.3 is 4.57 Å². The number of carbonyl (C=O) groups is 1. The summed E-state index contributed by atoms with van der Waals surface area (Å²) in [5, 5.41) is 0.695. The van der Waals surface area contributed by atoms with E-state index in [9.17, 15) is 4.79 Å². The number of nitrogens with zero attached hydrogens (tertiary/aromatic N) is 1. The van der Waals surface area contributed by atoms with Crippen molar-refractivity contribution in [2.75, 3.05) is 0 Å². The van der Waals surface area contributed by atoms with E-state index in [2.05, 4.69) is 17.6 Å². The van der Waals surface area contributed by atoms with Gasteiger partial charge in [0.15, 0.2) is 0 Å². The maximum Gasteiger partial charge on any atom is 0.281 e. The number of amides is 1. The Balaban J connectivity index is 1.85. The lowest BCUT2D eigenvalue weighted by Crippen LogP contribution is -2.32. The van der Waals surface area contributed by atoms with Crippen LogP contribution in [-0.2, 0) is 19.4 Å². The molecule has 0 saturated heterocycles. The van der Waals surface area contributed by atoms with Crippen molar-refractivity contribution in [2.45, 2.75) is 19.4 Å². The Morgan fingerprint density at radius 2 is 1.64 bits per heavy atom. The van der Waals surface area contributed by atoms with Crippen molar-refractivity contribution in [3.05, 3.63) is 94.3 Å². The highest BCUT2D eigenvalue weighted by atomic mass is 35.5. The van der Waals surface area contributed by atoms with E-state index in [4.69, 9.17) is 17.4 Å². The van der Waals surface area contributed by atoms with Gasteiger partial charge in [0.2, 0.25) is 0 Å². The molecule has 0 aliphatic heterocycles. The molecule has 0 aliphatic rings. The first-order valence-electron chi connectivity index (χ1n) is 8.15. The molecule has 0 radical (unpaired) electrons. The van der Waals surface area contributed by atoms with Gasteiger partial charge in [0.05, 0.1) is 0 Å². The monoisotopic (exact) mass is 353 g/mol. The first-order chi connectivity index (χ1) is 12.2. The molecule has 0 bridgehead atoms. The van der Waals surface area contributed by atoms with E-state index in [1.165, 1.54) is 5.56 Å². The molecule has 0 atom stereocenters. The Bertz CT molecular complexity index is 841. The molecular weight excluding hydrogens is 334 g/mol. The van der Waals surface area contributed by atoms with Crippen LogP contribution >= 0.6 is 11.6 Å². The lowest BCUT2D eigenvalue weighted by atomic mass is 10.1. The molecule has 4 nitrogen and oxygen atoms in total. The number of rotatable bonds is 6. The first kappa shape index (κ1) is 17.3. The Morgan fingerprint density at radius 1 is 0.920 bits per heavy atom. The minimum absolute atomic E-state index is 0.292. The maximum atomic E-state index is 12.1. The number of halogens is 1. The SMILES string of the molecule is NNC(=O)c1ccc(CCc2ccccc2)n1Cc1ccc(Cl)cc1. The van der Waals surface area contributed by atoms with Gasteiger partial charge in [0.25, 0.3) is 5.91 Å². The molecule has 5 heteroatoms. The lowest BCUT2D eigenvalue weighted by Gasteiger charge is -2.13. The van der Waals surface area contributed by atoms with Crippen LogP contribution in [0.15, 0.2) is 66.7 Å². The molecule has 3 N–H and O–H groups in total. The predicted octanol–water partition coefficient (Wildman–Crippen LogP) is 3.58. The quantitative estimate of drug-likeness (QED) is 0.404. The highest BCUT2D eigenvalue weighted by Gasteiger charge is 2.14. The summed E-state index contributed by atoms with van der Waals surface area (Å²) in [6.07, 6.45) is 1.75. The average molecular weight is 354 g/mol. The Kier molecular flexibility index (Phi) is 5.53. The zero-order chi connectivity index (χ0) is 17.6. The summed E-state index contributed by atoms with van der Waals surface area (Å²) >= 11 is 5.96. The molecule has 0 unspecified atom stereocenters. The van der Waals surface area contributed by atoms with Crippen molar-refractivity contribution in [3.8, 4) is 0 Å². The zero-order valence-corrected chi connectivity index (χ0v) is 14.5. The number of carbonyl (C=O) groups excluding carboxylic acids is 1. The van der Waals surface area contributed by atoms with Gasteiger partial charge in [0.1, 0.15) is 5.69 Å². The van der Waals surface area contributed by atoms with Gasteiger partial charge in [-0.1, -0.05) is 54.1 Å². The maximum absolute atomic E-state index is 12.1. The normalized spacial score (nSPS) is 10.6. The molecule has 3 aromatic rings. The third-order valence-electron chi connectivity index (χ3n) is 4.20. The highest BCUT2D eigenvalue weighted by Crippen LogP contribution is 2.17. The van der Waals surface area contributed by atoms with Gasteiger partial charge in [-0.15, -0.1) is 0 Å². The third-order valence-corrected chi connectivity index (χ3v) is 4.45. The Morgan fingerprint density at radius 3 is 2.32 bits per heavy atom. The summed E-state index contributed by atoms with van der Waals surface area (Å²) in [6, 6.07) is 21.8. The van der Waals surface area contributed by atoms with E-state index in [0.717, 1.165) is 24.1 Å². The largest absolute Gasteiger partial charge is 0.336 e. The molecule has 1 heterocycles.